The molecular weight excluding hydrogens is 447 g/mol. The summed E-state index contributed by atoms with van der Waals surface area (Å²) in [6.45, 7) is 3.69. The van der Waals surface area contributed by atoms with Crippen molar-refractivity contribution in [2.75, 3.05) is 18.8 Å². The van der Waals surface area contributed by atoms with E-state index in [9.17, 15) is 18.0 Å². The molecule has 3 N–H and O–H groups in total. The predicted molar refractivity (Wildman–Crippen MR) is 119 cm³/mol. The van der Waals surface area contributed by atoms with E-state index in [1.165, 1.54) is 6.20 Å². The second-order valence-electron chi connectivity index (χ2n) is 8.95. The van der Waals surface area contributed by atoms with Crippen LogP contribution in [-0.4, -0.2) is 43.8 Å². The van der Waals surface area contributed by atoms with Crippen LogP contribution in [0.2, 0.25) is 0 Å². The lowest BCUT2D eigenvalue weighted by molar-refractivity contribution is -0.137. The summed E-state index contributed by atoms with van der Waals surface area (Å²) >= 11 is 0. The molecule has 3 aromatic rings. The van der Waals surface area contributed by atoms with Gasteiger partial charge in [0.25, 0.3) is 0 Å². The largest absolute Gasteiger partial charge is 0.419 e. The highest BCUT2D eigenvalue weighted by molar-refractivity contribution is 5.75. The molecule has 11 heteroatoms. The molecule has 1 fully saturated rings. The minimum atomic E-state index is -4.59. The molecule has 2 amide bonds. The van der Waals surface area contributed by atoms with Gasteiger partial charge in [-0.05, 0) is 49.6 Å². The molecule has 0 saturated carbocycles. The van der Waals surface area contributed by atoms with Gasteiger partial charge >= 0.3 is 12.2 Å². The molecule has 2 aliphatic rings. The average molecular weight is 471 g/mol. The molecule has 8 nitrogen and oxygen atoms in total. The van der Waals surface area contributed by atoms with Crippen molar-refractivity contribution >= 4 is 11.8 Å². The predicted octanol–water partition coefficient (Wildman–Crippen LogP) is 3.76. The number of nitrogens with one attached hydrogen (secondary N) is 1. The fraction of sp³-hybridized carbons (Fsp3) is 0.391. The highest BCUT2D eigenvalue weighted by Gasteiger charge is 2.47. The molecule has 178 valence electrons. The zero-order chi connectivity index (χ0) is 24.1. The van der Waals surface area contributed by atoms with Gasteiger partial charge < -0.3 is 16.0 Å². The van der Waals surface area contributed by atoms with E-state index in [1.807, 2.05) is 29.8 Å². The van der Waals surface area contributed by atoms with Crippen molar-refractivity contribution in [1.82, 2.24) is 30.0 Å². The Bertz CT molecular complexity index is 1230. The number of hydrogen-bond acceptors (Lipinski definition) is 5. The van der Waals surface area contributed by atoms with Gasteiger partial charge in [-0.15, -0.1) is 0 Å². The number of amides is 2. The van der Waals surface area contributed by atoms with Crippen LogP contribution in [-0.2, 0) is 18.1 Å². The summed E-state index contributed by atoms with van der Waals surface area (Å²) < 4.78 is 41.6. The minimum Gasteiger partial charge on any atom is -0.383 e. The number of nitrogens with two attached hydrogens (primary N) is 1. The summed E-state index contributed by atoms with van der Waals surface area (Å²) in [5.74, 6) is -0.557. The van der Waals surface area contributed by atoms with Crippen molar-refractivity contribution in [1.29, 1.82) is 0 Å². The first kappa shape index (κ1) is 22.2. The summed E-state index contributed by atoms with van der Waals surface area (Å²) in [5.41, 5.74) is 6.78. The van der Waals surface area contributed by atoms with Crippen molar-refractivity contribution in [2.45, 2.75) is 43.9 Å². The van der Waals surface area contributed by atoms with Crippen LogP contribution < -0.4 is 11.1 Å². The second kappa shape index (κ2) is 8.00. The van der Waals surface area contributed by atoms with Crippen molar-refractivity contribution in [3.63, 3.8) is 0 Å². The molecule has 5 heterocycles. The fourth-order valence-corrected chi connectivity index (χ4v) is 4.92. The lowest BCUT2D eigenvalue weighted by Crippen LogP contribution is -2.41. The Labute approximate surface area is 194 Å². The standard InChI is InChI=1S/C23H24F3N7O/c1-14(15-2-6-28-7-3-15)30-21(34)32-8-4-22(13-32)5-9-33-19(22)11-18(31-33)16-10-17(23(24,25)26)20(27)29-12-16/h2-3,6-7,10-12,14H,4-5,8-9,13H2,1H3,(H2,27,29)(H,30,34). The second-order valence-corrected chi connectivity index (χ2v) is 8.95. The Kier molecular flexibility index (Phi) is 5.22. The fourth-order valence-electron chi connectivity index (χ4n) is 4.92. The van der Waals surface area contributed by atoms with E-state index in [0.29, 0.717) is 25.3 Å². The molecule has 0 aromatic carbocycles. The van der Waals surface area contributed by atoms with Crippen LogP contribution in [0.5, 0.6) is 0 Å². The zero-order valence-corrected chi connectivity index (χ0v) is 18.5. The van der Waals surface area contributed by atoms with Crippen molar-refractivity contribution < 1.29 is 18.0 Å². The molecule has 3 aromatic heterocycles. The summed E-state index contributed by atoms with van der Waals surface area (Å²) in [6.07, 6.45) is 1.69. The molecule has 1 saturated heterocycles. The smallest absolute Gasteiger partial charge is 0.383 e. The maximum Gasteiger partial charge on any atom is 0.419 e. The van der Waals surface area contributed by atoms with Crippen molar-refractivity contribution in [2.24, 2.45) is 0 Å². The van der Waals surface area contributed by atoms with Crippen molar-refractivity contribution in [3.05, 3.63) is 59.7 Å². The topological polar surface area (TPSA) is 102 Å². The van der Waals surface area contributed by atoms with Gasteiger partial charge in [0.15, 0.2) is 0 Å². The Morgan fingerprint density at radius 3 is 2.68 bits per heavy atom. The number of carbonyl (C=O) groups is 1. The molecule has 1 spiro atoms. The van der Waals surface area contributed by atoms with E-state index in [-0.39, 0.29) is 23.1 Å². The quantitative estimate of drug-likeness (QED) is 0.606. The molecule has 2 atom stereocenters. The van der Waals surface area contributed by atoms with Crippen LogP contribution in [0.4, 0.5) is 23.8 Å². The first-order valence-corrected chi connectivity index (χ1v) is 11.0. The van der Waals surface area contributed by atoms with Crippen LogP contribution >= 0.6 is 0 Å². The highest BCUT2D eigenvalue weighted by atomic mass is 19.4. The Balaban J connectivity index is 1.34. The number of alkyl halides is 3. The first-order chi connectivity index (χ1) is 16.2. The van der Waals surface area contributed by atoms with Gasteiger partial charge in [-0.25, -0.2) is 9.78 Å². The van der Waals surface area contributed by atoms with Gasteiger partial charge in [-0.1, -0.05) is 0 Å². The third-order valence-corrected chi connectivity index (χ3v) is 6.83. The van der Waals surface area contributed by atoms with Crippen LogP contribution in [0, 0.1) is 0 Å². The monoisotopic (exact) mass is 471 g/mol. The third-order valence-electron chi connectivity index (χ3n) is 6.83. The number of anilines is 1. The van der Waals surface area contributed by atoms with Gasteiger partial charge in [-0.3, -0.25) is 9.67 Å². The van der Waals surface area contributed by atoms with Crippen molar-refractivity contribution in [3.8, 4) is 11.3 Å². The number of urea groups is 1. The number of halogens is 3. The van der Waals surface area contributed by atoms with E-state index >= 15 is 0 Å². The molecule has 2 aliphatic heterocycles. The zero-order valence-electron chi connectivity index (χ0n) is 18.5. The Morgan fingerprint density at radius 2 is 1.94 bits per heavy atom. The molecular formula is C23H24F3N7O. The number of nitrogens with zero attached hydrogens (tertiary/aromatic N) is 5. The number of fused-ring (bicyclic) bond motifs is 2. The van der Waals surface area contributed by atoms with Gasteiger partial charge in [0.05, 0.1) is 17.3 Å². The summed E-state index contributed by atoms with van der Waals surface area (Å²) in [7, 11) is 0. The molecule has 2 unspecified atom stereocenters. The summed E-state index contributed by atoms with van der Waals surface area (Å²) in [6, 6.07) is 6.24. The van der Waals surface area contributed by atoms with E-state index in [1.54, 1.807) is 17.3 Å². The van der Waals surface area contributed by atoms with Crippen LogP contribution in [0.1, 0.15) is 42.6 Å². The number of rotatable bonds is 3. The Hall–Kier alpha value is -3.63. The molecule has 0 bridgehead atoms. The van der Waals surface area contributed by atoms with E-state index in [4.69, 9.17) is 5.73 Å². The number of likely N-dealkylation sites (tertiary alicyclic amines) is 1. The van der Waals surface area contributed by atoms with Gasteiger partial charge in [0.2, 0.25) is 0 Å². The lowest BCUT2D eigenvalue weighted by atomic mass is 9.82. The summed E-state index contributed by atoms with van der Waals surface area (Å²) in [5, 5.41) is 7.57. The number of aryl methyl sites for hydroxylation is 1. The SMILES string of the molecule is CC(NC(=O)N1CCC2(CCn3nc(-c4cnc(N)c(C(F)(F)F)c4)cc32)C1)c1ccncc1. The average Bonchev–Trinajstić information content (AvgIpc) is 3.51. The Morgan fingerprint density at radius 1 is 1.21 bits per heavy atom. The molecule has 0 aliphatic carbocycles. The number of carbonyl (C=O) groups excluding carboxylic acids is 1. The molecule has 5 rings (SSSR count). The van der Waals surface area contributed by atoms with Crippen LogP contribution in [0.25, 0.3) is 11.3 Å². The van der Waals surface area contributed by atoms with Gasteiger partial charge in [0, 0.05) is 54.9 Å². The number of aromatic nitrogens is 4. The van der Waals surface area contributed by atoms with Crippen LogP contribution in [0.15, 0.2) is 42.9 Å². The molecule has 0 radical (unpaired) electrons. The van der Waals surface area contributed by atoms with E-state index < -0.39 is 17.6 Å². The van der Waals surface area contributed by atoms with Gasteiger partial charge in [-0.2, -0.15) is 18.3 Å². The van der Waals surface area contributed by atoms with E-state index in [2.05, 4.69) is 20.4 Å². The third kappa shape index (κ3) is 3.84. The van der Waals surface area contributed by atoms with E-state index in [0.717, 1.165) is 30.2 Å². The van der Waals surface area contributed by atoms with Gasteiger partial charge in [0.1, 0.15) is 5.82 Å². The highest BCUT2D eigenvalue weighted by Crippen LogP contribution is 2.44. The summed E-state index contributed by atoms with van der Waals surface area (Å²) in [4.78, 5) is 22.4. The number of hydrogen-bond donors (Lipinski definition) is 2. The van der Waals surface area contributed by atoms with Crippen LogP contribution in [0.3, 0.4) is 0 Å². The maximum absolute atomic E-state index is 13.3. The number of pyridine rings is 2. The maximum atomic E-state index is 13.3. The number of nitrogen functional groups attached to an aromatic ring is 1. The normalized spacial score (nSPS) is 20.5. The first-order valence-electron chi connectivity index (χ1n) is 11.0. The molecule has 34 heavy (non-hydrogen) atoms. The minimum absolute atomic E-state index is 0.142. The lowest BCUT2D eigenvalue weighted by Gasteiger charge is -2.25.